The summed E-state index contributed by atoms with van der Waals surface area (Å²) in [5, 5.41) is 3.95. The molecule has 0 aliphatic heterocycles. The van der Waals surface area contributed by atoms with Gasteiger partial charge in [-0.25, -0.2) is 0 Å². The Hall–Kier alpha value is -1.64. The smallest absolute Gasteiger partial charge is 0.150 e. The number of carbonyl (C=O) groups is 1. The van der Waals surface area contributed by atoms with Crippen LogP contribution in [0.1, 0.15) is 27.9 Å². The lowest BCUT2D eigenvalue weighted by Gasteiger charge is -1.99. The summed E-state index contributed by atoms with van der Waals surface area (Å²) in [5.74, 6) is 0. The average Bonchev–Trinajstić information content (AvgIpc) is 2.61. The Bertz CT molecular complexity index is 396. The maximum absolute atomic E-state index is 10.6. The average molecular weight is 189 g/mol. The van der Waals surface area contributed by atoms with Crippen molar-refractivity contribution in [1.82, 2.24) is 0 Å². The molecule has 0 bridgehead atoms. The fourth-order valence-corrected chi connectivity index (χ4v) is 1.77. The first-order valence-electron chi connectivity index (χ1n) is 4.53. The molecule has 1 aliphatic carbocycles. The minimum absolute atomic E-state index is 0.724. The molecule has 14 heavy (non-hydrogen) atoms. The molecule has 0 aromatic heterocycles. The quantitative estimate of drug-likeness (QED) is 0.525. The molecule has 0 amide bonds. The minimum atomic E-state index is 0.724. The van der Waals surface area contributed by atoms with Gasteiger partial charge in [0.25, 0.3) is 0 Å². The lowest BCUT2D eigenvalue weighted by Crippen LogP contribution is -1.95. The number of aryl methyl sites for hydroxylation is 1. The predicted molar refractivity (Wildman–Crippen MR) is 53.7 cm³/mol. The number of fused-ring (bicyclic) bond motifs is 1. The highest BCUT2D eigenvalue weighted by Crippen LogP contribution is 2.23. The summed E-state index contributed by atoms with van der Waals surface area (Å²) >= 11 is 0. The van der Waals surface area contributed by atoms with Gasteiger partial charge >= 0.3 is 0 Å². The van der Waals surface area contributed by atoms with Gasteiger partial charge in [-0.05, 0) is 24.5 Å². The Morgan fingerprint density at radius 3 is 3.00 bits per heavy atom. The molecule has 1 aliphatic rings. The molecular formula is C11H11NO2. The van der Waals surface area contributed by atoms with Crippen molar-refractivity contribution in [3.05, 3.63) is 34.9 Å². The molecule has 0 N–H and O–H groups in total. The van der Waals surface area contributed by atoms with Crippen molar-refractivity contribution < 1.29 is 9.63 Å². The first-order valence-corrected chi connectivity index (χ1v) is 4.53. The van der Waals surface area contributed by atoms with Gasteiger partial charge in [0.05, 0.1) is 5.71 Å². The SMILES string of the molecule is CO/N=C1\CCc2cc(C=O)ccc21. The Balaban J connectivity index is 2.43. The zero-order valence-corrected chi connectivity index (χ0v) is 7.99. The van der Waals surface area contributed by atoms with Gasteiger partial charge in [-0.15, -0.1) is 0 Å². The highest BCUT2D eigenvalue weighted by atomic mass is 16.6. The zero-order chi connectivity index (χ0) is 9.97. The van der Waals surface area contributed by atoms with Crippen LogP contribution >= 0.6 is 0 Å². The van der Waals surface area contributed by atoms with E-state index in [9.17, 15) is 4.79 Å². The molecule has 0 unspecified atom stereocenters. The van der Waals surface area contributed by atoms with E-state index in [4.69, 9.17) is 4.84 Å². The summed E-state index contributed by atoms with van der Waals surface area (Å²) < 4.78 is 0. The summed E-state index contributed by atoms with van der Waals surface area (Å²) in [4.78, 5) is 15.3. The molecule has 0 heterocycles. The number of hydrogen-bond donors (Lipinski definition) is 0. The summed E-state index contributed by atoms with van der Waals surface area (Å²) in [7, 11) is 1.55. The Kier molecular flexibility index (Phi) is 2.31. The molecule has 3 nitrogen and oxygen atoms in total. The molecule has 72 valence electrons. The summed E-state index contributed by atoms with van der Waals surface area (Å²) in [6.07, 6.45) is 2.70. The Labute approximate surface area is 82.4 Å². The molecule has 1 aromatic carbocycles. The molecule has 0 fully saturated rings. The third-order valence-electron chi connectivity index (χ3n) is 2.41. The van der Waals surface area contributed by atoms with E-state index in [1.54, 1.807) is 7.11 Å². The van der Waals surface area contributed by atoms with Crippen LogP contribution in [0.4, 0.5) is 0 Å². The fourth-order valence-electron chi connectivity index (χ4n) is 1.77. The third-order valence-corrected chi connectivity index (χ3v) is 2.41. The second-order valence-corrected chi connectivity index (χ2v) is 3.25. The van der Waals surface area contributed by atoms with Crippen molar-refractivity contribution in [1.29, 1.82) is 0 Å². The molecule has 0 saturated heterocycles. The van der Waals surface area contributed by atoms with Crippen molar-refractivity contribution in [2.75, 3.05) is 7.11 Å². The second kappa shape index (κ2) is 3.62. The van der Waals surface area contributed by atoms with Crippen LogP contribution in [-0.2, 0) is 11.3 Å². The first-order chi connectivity index (χ1) is 6.85. The van der Waals surface area contributed by atoms with Crippen molar-refractivity contribution in [2.45, 2.75) is 12.8 Å². The van der Waals surface area contributed by atoms with Gasteiger partial charge in [0.15, 0.2) is 0 Å². The van der Waals surface area contributed by atoms with Crippen LogP contribution in [-0.4, -0.2) is 19.1 Å². The van der Waals surface area contributed by atoms with E-state index in [1.165, 1.54) is 5.56 Å². The van der Waals surface area contributed by atoms with Crippen LogP contribution in [0.2, 0.25) is 0 Å². The van der Waals surface area contributed by atoms with Crippen LogP contribution in [0.25, 0.3) is 0 Å². The van der Waals surface area contributed by atoms with E-state index < -0.39 is 0 Å². The predicted octanol–water partition coefficient (Wildman–Crippen LogP) is 1.80. The second-order valence-electron chi connectivity index (χ2n) is 3.25. The van der Waals surface area contributed by atoms with Crippen LogP contribution in [0.5, 0.6) is 0 Å². The van der Waals surface area contributed by atoms with Crippen molar-refractivity contribution in [3.63, 3.8) is 0 Å². The lowest BCUT2D eigenvalue weighted by atomic mass is 10.1. The molecular weight excluding hydrogens is 178 g/mol. The summed E-state index contributed by atoms with van der Waals surface area (Å²) in [6, 6.07) is 5.66. The van der Waals surface area contributed by atoms with Crippen LogP contribution in [0.15, 0.2) is 23.4 Å². The van der Waals surface area contributed by atoms with E-state index >= 15 is 0 Å². The highest BCUT2D eigenvalue weighted by Gasteiger charge is 2.18. The van der Waals surface area contributed by atoms with Crippen LogP contribution in [0, 0.1) is 0 Å². The summed E-state index contributed by atoms with van der Waals surface area (Å²) in [6.45, 7) is 0. The van der Waals surface area contributed by atoms with Crippen molar-refractivity contribution in [3.8, 4) is 0 Å². The monoisotopic (exact) mass is 189 g/mol. The maximum Gasteiger partial charge on any atom is 0.150 e. The Morgan fingerprint density at radius 1 is 1.43 bits per heavy atom. The van der Waals surface area contributed by atoms with Gasteiger partial charge in [0, 0.05) is 11.1 Å². The van der Waals surface area contributed by atoms with Crippen molar-refractivity contribution >= 4 is 12.0 Å². The number of nitrogens with zero attached hydrogens (tertiary/aromatic N) is 1. The Morgan fingerprint density at radius 2 is 2.29 bits per heavy atom. The van der Waals surface area contributed by atoms with Gasteiger partial charge in [-0.1, -0.05) is 17.3 Å². The topological polar surface area (TPSA) is 38.7 Å². The van der Waals surface area contributed by atoms with Gasteiger partial charge < -0.3 is 4.84 Å². The standard InChI is InChI=1S/C11H11NO2/c1-14-12-11-5-3-9-6-8(7-13)2-4-10(9)11/h2,4,6-7H,3,5H2,1H3/b12-11+. The fraction of sp³-hybridized carbons (Fsp3) is 0.273. The normalized spacial score (nSPS) is 16.8. The number of oxime groups is 1. The molecule has 1 aromatic rings. The lowest BCUT2D eigenvalue weighted by molar-refractivity contribution is 0.112. The maximum atomic E-state index is 10.6. The number of aldehydes is 1. The molecule has 0 spiro atoms. The molecule has 0 radical (unpaired) electrons. The van der Waals surface area contributed by atoms with E-state index in [-0.39, 0.29) is 0 Å². The molecule has 0 saturated carbocycles. The number of hydrogen-bond acceptors (Lipinski definition) is 3. The van der Waals surface area contributed by atoms with Gasteiger partial charge in [-0.3, -0.25) is 4.79 Å². The van der Waals surface area contributed by atoms with E-state index in [1.807, 2.05) is 18.2 Å². The minimum Gasteiger partial charge on any atom is -0.399 e. The first kappa shape index (κ1) is 8.94. The molecule has 2 rings (SSSR count). The number of benzene rings is 1. The van der Waals surface area contributed by atoms with Crippen molar-refractivity contribution in [2.24, 2.45) is 5.16 Å². The van der Waals surface area contributed by atoms with Crippen LogP contribution in [0.3, 0.4) is 0 Å². The number of carbonyl (C=O) groups excluding carboxylic acids is 1. The highest BCUT2D eigenvalue weighted by molar-refractivity contribution is 6.04. The van der Waals surface area contributed by atoms with Crippen LogP contribution < -0.4 is 0 Å². The zero-order valence-electron chi connectivity index (χ0n) is 7.99. The molecule has 3 heteroatoms. The third kappa shape index (κ3) is 1.41. The van der Waals surface area contributed by atoms with E-state index in [0.717, 1.165) is 36.0 Å². The molecule has 0 atom stereocenters. The van der Waals surface area contributed by atoms with E-state index in [2.05, 4.69) is 5.16 Å². The number of rotatable bonds is 2. The van der Waals surface area contributed by atoms with E-state index in [0.29, 0.717) is 0 Å². The largest absolute Gasteiger partial charge is 0.399 e. The van der Waals surface area contributed by atoms with Gasteiger partial charge in [0.2, 0.25) is 0 Å². The summed E-state index contributed by atoms with van der Waals surface area (Å²) in [5.41, 5.74) is 3.99. The van der Waals surface area contributed by atoms with Gasteiger partial charge in [0.1, 0.15) is 13.4 Å². The van der Waals surface area contributed by atoms with Gasteiger partial charge in [-0.2, -0.15) is 0 Å².